The fraction of sp³-hybridized carbons (Fsp3) is 0.500. The monoisotopic (exact) mass is 292 g/mol. The Balaban J connectivity index is -0.000000282. The van der Waals surface area contributed by atoms with E-state index in [1.807, 2.05) is 0 Å². The van der Waals surface area contributed by atoms with Gasteiger partial charge in [-0.3, -0.25) is 0 Å². The first-order chi connectivity index (χ1) is 6.21. The van der Waals surface area contributed by atoms with Crippen molar-refractivity contribution in [2.75, 3.05) is 0 Å². The summed E-state index contributed by atoms with van der Waals surface area (Å²) in [6.07, 6.45) is -1.50. The summed E-state index contributed by atoms with van der Waals surface area (Å²) >= 11 is 4.94. The number of hydrogen-bond acceptors (Lipinski definition) is 7. The minimum absolute atomic E-state index is 0. The van der Waals surface area contributed by atoms with Crippen LogP contribution in [0.25, 0.3) is 0 Å². The SMILES string of the molecule is O=C([O-])CC(O)(C(=O)[O-])C(Cl)C(=O)[O-].[Na+].[Na+].[Na+]. The zero-order chi connectivity index (χ0) is 11.5. The maximum Gasteiger partial charge on any atom is 1.00 e. The van der Waals surface area contributed by atoms with E-state index in [9.17, 15) is 29.7 Å². The summed E-state index contributed by atoms with van der Waals surface area (Å²) in [5, 5.41) is 37.0. The Morgan fingerprint density at radius 3 is 1.65 bits per heavy atom. The maximum atomic E-state index is 10.3. The molecular weight excluding hydrogens is 288 g/mol. The van der Waals surface area contributed by atoms with Gasteiger partial charge in [-0.25, -0.2) is 0 Å². The molecule has 0 rings (SSSR count). The third-order valence-electron chi connectivity index (χ3n) is 1.39. The second kappa shape index (κ2) is 11.5. The van der Waals surface area contributed by atoms with Crippen LogP contribution in [0, 0.1) is 0 Å². The van der Waals surface area contributed by atoms with Gasteiger partial charge in [0.05, 0.1) is 11.9 Å². The Morgan fingerprint density at radius 1 is 1.12 bits per heavy atom. The molecule has 2 unspecified atom stereocenters. The molecule has 0 aliphatic rings. The van der Waals surface area contributed by atoms with Crippen LogP contribution in [0.2, 0.25) is 0 Å². The predicted octanol–water partition coefficient (Wildman–Crippen LogP) is -14.0. The third kappa shape index (κ3) is 8.43. The number of halogens is 1. The Bertz CT molecular complexity index is 287. The molecule has 0 saturated heterocycles. The molecule has 0 aromatic heterocycles. The maximum absolute atomic E-state index is 10.3. The topological polar surface area (TPSA) is 141 Å². The number of carbonyl (C=O) groups is 3. The van der Waals surface area contributed by atoms with Gasteiger partial charge in [0.2, 0.25) is 0 Å². The minimum atomic E-state index is -3.25. The smallest absolute Gasteiger partial charge is 0.550 e. The van der Waals surface area contributed by atoms with Gasteiger partial charge in [-0.15, -0.1) is 11.6 Å². The number of hydrogen-bond donors (Lipinski definition) is 1. The first-order valence-electron chi connectivity index (χ1n) is 3.20. The van der Waals surface area contributed by atoms with Crippen LogP contribution < -0.4 is 104 Å². The van der Waals surface area contributed by atoms with Gasteiger partial charge in [-0.05, 0) is 0 Å². The van der Waals surface area contributed by atoms with Crippen molar-refractivity contribution in [3.8, 4) is 0 Å². The molecule has 0 fully saturated rings. The Morgan fingerprint density at radius 2 is 1.47 bits per heavy atom. The van der Waals surface area contributed by atoms with Crippen molar-refractivity contribution in [1.82, 2.24) is 0 Å². The Hall–Kier alpha value is 1.66. The molecule has 0 heterocycles. The fourth-order valence-corrected chi connectivity index (χ4v) is 0.846. The largest absolute Gasteiger partial charge is 1.00 e. The molecule has 17 heavy (non-hydrogen) atoms. The summed E-state index contributed by atoms with van der Waals surface area (Å²) in [4.78, 5) is 30.4. The van der Waals surface area contributed by atoms with Crippen LogP contribution in [0.4, 0.5) is 0 Å². The molecular formula is C6H4ClNa3O7. The molecule has 0 bridgehead atoms. The molecule has 2 atom stereocenters. The molecule has 80 valence electrons. The first-order valence-corrected chi connectivity index (χ1v) is 3.64. The standard InChI is InChI=1S/C6H7ClO7.3Na/c7-3(4(10)11)6(14,5(12)13)1-2(8)9;;;/h3,14H,1H2,(H,8,9)(H,10,11)(H,12,13);;;/q;3*+1/p-3. The second-order valence-electron chi connectivity index (χ2n) is 2.44. The minimum Gasteiger partial charge on any atom is -0.550 e. The molecule has 11 heteroatoms. The Kier molecular flexibility index (Phi) is 18.3. The molecule has 0 spiro atoms. The van der Waals surface area contributed by atoms with Crippen LogP contribution in [0.3, 0.4) is 0 Å². The number of rotatable bonds is 5. The molecule has 1 N–H and O–H groups in total. The van der Waals surface area contributed by atoms with Crippen molar-refractivity contribution in [2.45, 2.75) is 17.4 Å². The molecule has 0 aromatic carbocycles. The Labute approximate surface area is 168 Å². The summed E-state index contributed by atoms with van der Waals surface area (Å²) in [5.41, 5.74) is -3.25. The van der Waals surface area contributed by atoms with Crippen LogP contribution in [-0.4, -0.2) is 34.0 Å². The molecule has 0 aliphatic carbocycles. The van der Waals surface area contributed by atoms with Crippen LogP contribution in [0.1, 0.15) is 6.42 Å². The van der Waals surface area contributed by atoms with Crippen molar-refractivity contribution >= 4 is 29.5 Å². The van der Waals surface area contributed by atoms with Gasteiger partial charge in [0.1, 0.15) is 11.0 Å². The van der Waals surface area contributed by atoms with Gasteiger partial charge in [-0.2, -0.15) is 0 Å². The van der Waals surface area contributed by atoms with Gasteiger partial charge < -0.3 is 34.8 Å². The number of alkyl halides is 1. The van der Waals surface area contributed by atoms with Crippen LogP contribution in [-0.2, 0) is 14.4 Å². The van der Waals surface area contributed by atoms with E-state index in [-0.39, 0.29) is 88.7 Å². The van der Waals surface area contributed by atoms with Crippen molar-refractivity contribution in [3.63, 3.8) is 0 Å². The molecule has 0 aliphatic heterocycles. The molecule has 0 amide bonds. The van der Waals surface area contributed by atoms with Crippen molar-refractivity contribution in [3.05, 3.63) is 0 Å². The normalized spacial score (nSPS) is 13.8. The summed E-state index contributed by atoms with van der Waals surface area (Å²) in [5.74, 6) is -6.44. The predicted molar refractivity (Wildman–Crippen MR) is 34.2 cm³/mol. The molecule has 0 saturated carbocycles. The van der Waals surface area contributed by atoms with E-state index < -0.39 is 35.3 Å². The van der Waals surface area contributed by atoms with E-state index in [2.05, 4.69) is 0 Å². The molecule has 0 radical (unpaired) electrons. The number of carbonyl (C=O) groups excluding carboxylic acids is 3. The van der Waals surface area contributed by atoms with Crippen molar-refractivity contribution in [2.24, 2.45) is 0 Å². The zero-order valence-corrected chi connectivity index (χ0v) is 16.3. The van der Waals surface area contributed by atoms with Gasteiger partial charge in [-0.1, -0.05) is 0 Å². The van der Waals surface area contributed by atoms with E-state index in [4.69, 9.17) is 16.7 Å². The van der Waals surface area contributed by atoms with Gasteiger partial charge in [0.15, 0.2) is 0 Å². The van der Waals surface area contributed by atoms with Crippen molar-refractivity contribution in [1.29, 1.82) is 0 Å². The first kappa shape index (κ1) is 27.1. The van der Waals surface area contributed by atoms with Gasteiger partial charge in [0.25, 0.3) is 0 Å². The fourth-order valence-electron chi connectivity index (χ4n) is 0.680. The quantitative estimate of drug-likeness (QED) is 0.392. The number of carboxylic acid groups (broad SMARTS) is 3. The summed E-state index contributed by atoms with van der Waals surface area (Å²) < 4.78 is 0. The van der Waals surface area contributed by atoms with E-state index in [0.29, 0.717) is 0 Å². The molecule has 7 nitrogen and oxygen atoms in total. The van der Waals surface area contributed by atoms with Gasteiger partial charge in [0, 0.05) is 12.4 Å². The van der Waals surface area contributed by atoms with Crippen LogP contribution in [0.15, 0.2) is 0 Å². The second-order valence-corrected chi connectivity index (χ2v) is 2.88. The average molecular weight is 293 g/mol. The average Bonchev–Trinajstić information content (AvgIpc) is 2.00. The third-order valence-corrected chi connectivity index (χ3v) is 1.93. The number of aliphatic hydroxyl groups is 1. The van der Waals surface area contributed by atoms with E-state index in [1.54, 1.807) is 0 Å². The van der Waals surface area contributed by atoms with Crippen molar-refractivity contribution < 1.29 is 123 Å². The van der Waals surface area contributed by atoms with E-state index in [1.165, 1.54) is 0 Å². The summed E-state index contributed by atoms with van der Waals surface area (Å²) in [6, 6.07) is 0. The summed E-state index contributed by atoms with van der Waals surface area (Å²) in [7, 11) is 0. The number of aliphatic carboxylic acids is 3. The van der Waals surface area contributed by atoms with E-state index in [0.717, 1.165) is 0 Å². The summed E-state index contributed by atoms with van der Waals surface area (Å²) in [6.45, 7) is 0. The van der Waals surface area contributed by atoms with Gasteiger partial charge >= 0.3 is 88.7 Å². The number of carboxylic acids is 3. The van der Waals surface area contributed by atoms with Crippen LogP contribution >= 0.6 is 11.6 Å². The van der Waals surface area contributed by atoms with Crippen LogP contribution in [0.5, 0.6) is 0 Å². The zero-order valence-electron chi connectivity index (χ0n) is 9.56. The molecule has 0 aromatic rings. The van der Waals surface area contributed by atoms with E-state index >= 15 is 0 Å².